The molecule has 0 bridgehead atoms. The van der Waals surface area contributed by atoms with Gasteiger partial charge in [-0.15, -0.1) is 0 Å². The normalized spacial score (nSPS) is 29.8. The van der Waals surface area contributed by atoms with Crippen molar-refractivity contribution in [1.82, 2.24) is 4.72 Å². The van der Waals surface area contributed by atoms with E-state index in [0.717, 1.165) is 18.9 Å². The second kappa shape index (κ2) is 5.19. The van der Waals surface area contributed by atoms with Gasteiger partial charge in [0.2, 0.25) is 10.0 Å². The Labute approximate surface area is 128 Å². The van der Waals surface area contributed by atoms with Gasteiger partial charge in [-0.3, -0.25) is 0 Å². The molecule has 2 unspecified atom stereocenters. The second-order valence-corrected chi connectivity index (χ2v) is 8.06. The van der Waals surface area contributed by atoms with Gasteiger partial charge in [0.05, 0.1) is 11.6 Å². The van der Waals surface area contributed by atoms with Crippen LogP contribution in [-0.4, -0.2) is 26.7 Å². The zero-order valence-corrected chi connectivity index (χ0v) is 13.2. The van der Waals surface area contributed by atoms with E-state index in [9.17, 15) is 12.8 Å². The predicted octanol–water partition coefficient (Wildman–Crippen LogP) is 2.72. The first-order chi connectivity index (χ1) is 9.82. The van der Waals surface area contributed by atoms with Crippen molar-refractivity contribution in [3.05, 3.63) is 29.0 Å². The van der Waals surface area contributed by atoms with Crippen molar-refractivity contribution < 1.29 is 17.5 Å². The fourth-order valence-corrected chi connectivity index (χ4v) is 4.61. The van der Waals surface area contributed by atoms with Gasteiger partial charge in [-0.05, 0) is 50.3 Å². The van der Waals surface area contributed by atoms with Gasteiger partial charge in [-0.1, -0.05) is 11.6 Å². The van der Waals surface area contributed by atoms with Crippen molar-refractivity contribution in [3.8, 4) is 0 Å². The maximum atomic E-state index is 13.9. The number of benzene rings is 1. The zero-order chi connectivity index (χ0) is 15.3. The van der Waals surface area contributed by atoms with Gasteiger partial charge in [-0.25, -0.2) is 17.5 Å². The Morgan fingerprint density at radius 3 is 2.76 bits per heavy atom. The Balaban J connectivity index is 1.88. The second-order valence-electron chi connectivity index (χ2n) is 5.98. The highest BCUT2D eigenvalue weighted by atomic mass is 35.5. The van der Waals surface area contributed by atoms with E-state index < -0.39 is 21.4 Å². The van der Waals surface area contributed by atoms with E-state index in [1.165, 1.54) is 12.1 Å². The first kappa shape index (κ1) is 15.2. The van der Waals surface area contributed by atoms with E-state index in [-0.39, 0.29) is 16.0 Å². The molecule has 0 amide bonds. The van der Waals surface area contributed by atoms with E-state index in [4.69, 9.17) is 16.3 Å². The molecule has 1 heterocycles. The molecule has 1 saturated heterocycles. The molecule has 7 heteroatoms. The minimum absolute atomic E-state index is 0.136. The number of rotatable bonds is 4. The van der Waals surface area contributed by atoms with Crippen LogP contribution in [0.15, 0.2) is 23.1 Å². The van der Waals surface area contributed by atoms with Gasteiger partial charge < -0.3 is 4.74 Å². The molecule has 0 radical (unpaired) electrons. The molecule has 2 atom stereocenters. The summed E-state index contributed by atoms with van der Waals surface area (Å²) < 4.78 is 47.1. The molecule has 4 nitrogen and oxygen atoms in total. The summed E-state index contributed by atoms with van der Waals surface area (Å²) in [6, 6.07) is 3.55. The molecular formula is C14H17ClFNO3S. The van der Waals surface area contributed by atoms with Crippen molar-refractivity contribution in [3.63, 3.8) is 0 Å². The molecule has 1 aromatic rings. The van der Waals surface area contributed by atoms with Crippen LogP contribution >= 0.6 is 11.6 Å². The largest absolute Gasteiger partial charge is 0.376 e. The van der Waals surface area contributed by atoms with Crippen LogP contribution in [0.1, 0.15) is 26.2 Å². The molecular weight excluding hydrogens is 317 g/mol. The molecule has 3 rings (SSSR count). The summed E-state index contributed by atoms with van der Waals surface area (Å²) in [6.07, 6.45) is 2.56. The minimum atomic E-state index is -3.95. The molecule has 116 valence electrons. The lowest BCUT2D eigenvalue weighted by Crippen LogP contribution is -2.52. The van der Waals surface area contributed by atoms with E-state index in [1.54, 1.807) is 0 Å². The molecule has 1 saturated carbocycles. The lowest BCUT2D eigenvalue weighted by molar-refractivity contribution is 0.0629. The average molecular weight is 334 g/mol. The highest BCUT2D eigenvalue weighted by molar-refractivity contribution is 7.89. The molecule has 1 aliphatic heterocycles. The van der Waals surface area contributed by atoms with Crippen LogP contribution in [0, 0.1) is 11.7 Å². The first-order valence-electron chi connectivity index (χ1n) is 6.92. The summed E-state index contributed by atoms with van der Waals surface area (Å²) in [5.41, 5.74) is -0.688. The molecule has 1 N–H and O–H groups in total. The molecule has 1 aliphatic carbocycles. The highest BCUT2D eigenvalue weighted by Gasteiger charge is 2.50. The Morgan fingerprint density at radius 1 is 1.43 bits per heavy atom. The number of hydrogen-bond acceptors (Lipinski definition) is 3. The van der Waals surface area contributed by atoms with Crippen LogP contribution in [0.5, 0.6) is 0 Å². The maximum absolute atomic E-state index is 13.9. The van der Waals surface area contributed by atoms with Crippen molar-refractivity contribution >= 4 is 21.6 Å². The van der Waals surface area contributed by atoms with E-state index >= 15 is 0 Å². The third-order valence-electron chi connectivity index (χ3n) is 4.15. The topological polar surface area (TPSA) is 55.4 Å². The number of ether oxygens (including phenoxy) is 1. The summed E-state index contributed by atoms with van der Waals surface area (Å²) in [6.45, 7) is 2.34. The molecule has 2 fully saturated rings. The minimum Gasteiger partial charge on any atom is -0.376 e. The SMILES string of the molecule is CC1(NS(=O)(=O)c2ccc(Cl)cc2F)CCOC1C1CC1. The van der Waals surface area contributed by atoms with E-state index in [0.29, 0.717) is 18.9 Å². The van der Waals surface area contributed by atoms with Crippen molar-refractivity contribution in [2.45, 2.75) is 42.7 Å². The summed E-state index contributed by atoms with van der Waals surface area (Å²) in [5, 5.41) is 0.165. The number of nitrogens with one attached hydrogen (secondary N) is 1. The van der Waals surface area contributed by atoms with E-state index in [2.05, 4.69) is 4.72 Å². The fourth-order valence-electron chi connectivity index (χ4n) is 2.94. The third-order valence-corrected chi connectivity index (χ3v) is 6.03. The first-order valence-corrected chi connectivity index (χ1v) is 8.79. The van der Waals surface area contributed by atoms with Crippen LogP contribution in [0.3, 0.4) is 0 Å². The Kier molecular flexibility index (Phi) is 3.76. The van der Waals surface area contributed by atoms with Crippen LogP contribution in [0.4, 0.5) is 4.39 Å². The van der Waals surface area contributed by atoms with Crippen molar-refractivity contribution in [1.29, 1.82) is 0 Å². The molecule has 1 aromatic carbocycles. The quantitative estimate of drug-likeness (QED) is 0.921. The summed E-state index contributed by atoms with van der Waals surface area (Å²) >= 11 is 5.66. The number of halogens is 2. The number of hydrogen-bond donors (Lipinski definition) is 1. The lowest BCUT2D eigenvalue weighted by Gasteiger charge is -2.31. The third kappa shape index (κ3) is 2.95. The molecule has 2 aliphatic rings. The van der Waals surface area contributed by atoms with Crippen LogP contribution in [0.2, 0.25) is 5.02 Å². The van der Waals surface area contributed by atoms with Gasteiger partial charge >= 0.3 is 0 Å². The average Bonchev–Trinajstić information content (AvgIpc) is 3.12. The van der Waals surface area contributed by atoms with Crippen molar-refractivity contribution in [2.24, 2.45) is 5.92 Å². The monoisotopic (exact) mass is 333 g/mol. The lowest BCUT2D eigenvalue weighted by atomic mass is 9.92. The maximum Gasteiger partial charge on any atom is 0.244 e. The molecule has 0 spiro atoms. The zero-order valence-electron chi connectivity index (χ0n) is 11.6. The Bertz CT molecular complexity index is 662. The standard InChI is InChI=1S/C14H17ClFNO3S/c1-14(6-7-20-13(14)9-2-3-9)17-21(18,19)12-5-4-10(15)8-11(12)16/h4-5,8-9,13,17H,2-3,6-7H2,1H3. The highest BCUT2D eigenvalue weighted by Crippen LogP contribution is 2.43. The van der Waals surface area contributed by atoms with Crippen LogP contribution < -0.4 is 4.72 Å². The van der Waals surface area contributed by atoms with Gasteiger partial charge in [0.1, 0.15) is 10.7 Å². The predicted molar refractivity (Wildman–Crippen MR) is 77.2 cm³/mol. The number of sulfonamides is 1. The van der Waals surface area contributed by atoms with Gasteiger partial charge in [0.15, 0.2) is 0 Å². The van der Waals surface area contributed by atoms with Crippen LogP contribution in [-0.2, 0) is 14.8 Å². The summed E-state index contributed by atoms with van der Waals surface area (Å²) in [7, 11) is -3.95. The fraction of sp³-hybridized carbons (Fsp3) is 0.571. The summed E-state index contributed by atoms with van der Waals surface area (Å²) in [5.74, 6) is -0.448. The molecule has 21 heavy (non-hydrogen) atoms. The van der Waals surface area contributed by atoms with Gasteiger partial charge in [-0.2, -0.15) is 0 Å². The Morgan fingerprint density at radius 2 is 2.14 bits per heavy atom. The molecule has 0 aromatic heterocycles. The summed E-state index contributed by atoms with van der Waals surface area (Å²) in [4.78, 5) is -0.380. The van der Waals surface area contributed by atoms with Crippen LogP contribution in [0.25, 0.3) is 0 Å². The van der Waals surface area contributed by atoms with Gasteiger partial charge in [0, 0.05) is 11.6 Å². The van der Waals surface area contributed by atoms with E-state index in [1.807, 2.05) is 6.92 Å². The van der Waals surface area contributed by atoms with Crippen molar-refractivity contribution in [2.75, 3.05) is 6.61 Å². The Hall–Kier alpha value is -0.690. The smallest absolute Gasteiger partial charge is 0.244 e. The van der Waals surface area contributed by atoms with Gasteiger partial charge in [0.25, 0.3) is 0 Å².